The van der Waals surface area contributed by atoms with Crippen LogP contribution in [0.4, 0.5) is 0 Å². The predicted molar refractivity (Wildman–Crippen MR) is 92.8 cm³/mol. The molecule has 0 aromatic carbocycles. The molecular formula is C19H35OP. The van der Waals surface area contributed by atoms with Crippen LogP contribution in [-0.4, -0.2) is 17.0 Å². The average molecular weight is 310 g/mol. The minimum absolute atomic E-state index is 0.611. The van der Waals surface area contributed by atoms with Crippen molar-refractivity contribution in [1.82, 2.24) is 0 Å². The van der Waals surface area contributed by atoms with Gasteiger partial charge in [-0.05, 0) is 44.4 Å². The Morgan fingerprint density at radius 2 is 0.952 bits per heavy atom. The average Bonchev–Trinajstić information content (AvgIpc) is 2.56. The SMILES string of the molecule is CC1CCC(P(=O)(C2CCCCC2)C2CCCCC2)CC1. The van der Waals surface area contributed by atoms with Crippen LogP contribution >= 0.6 is 7.14 Å². The normalized spacial score (nSPS) is 34.0. The van der Waals surface area contributed by atoms with E-state index in [0.717, 1.165) is 5.92 Å². The molecule has 21 heavy (non-hydrogen) atoms. The molecule has 0 heterocycles. The highest BCUT2D eigenvalue weighted by Crippen LogP contribution is 2.68. The van der Waals surface area contributed by atoms with E-state index in [2.05, 4.69) is 6.92 Å². The maximum absolute atomic E-state index is 14.4. The molecule has 0 aliphatic heterocycles. The van der Waals surface area contributed by atoms with E-state index < -0.39 is 7.14 Å². The Hall–Kier alpha value is 0.230. The second-order valence-electron chi connectivity index (χ2n) is 8.26. The summed E-state index contributed by atoms with van der Waals surface area (Å²) in [6, 6.07) is 0. The Morgan fingerprint density at radius 1 is 0.571 bits per heavy atom. The monoisotopic (exact) mass is 310 g/mol. The lowest BCUT2D eigenvalue weighted by molar-refractivity contribution is 0.367. The van der Waals surface area contributed by atoms with Crippen molar-refractivity contribution in [1.29, 1.82) is 0 Å². The van der Waals surface area contributed by atoms with E-state index in [4.69, 9.17) is 0 Å². The van der Waals surface area contributed by atoms with Gasteiger partial charge in [-0.15, -0.1) is 0 Å². The van der Waals surface area contributed by atoms with Gasteiger partial charge in [-0.3, -0.25) is 0 Å². The molecule has 0 spiro atoms. The number of hydrogen-bond acceptors (Lipinski definition) is 1. The van der Waals surface area contributed by atoms with Crippen LogP contribution in [0.1, 0.15) is 96.8 Å². The van der Waals surface area contributed by atoms with Crippen LogP contribution in [0.15, 0.2) is 0 Å². The first kappa shape index (κ1) is 16.1. The third-order valence-corrected chi connectivity index (χ3v) is 11.8. The minimum Gasteiger partial charge on any atom is -0.323 e. The summed E-state index contributed by atoms with van der Waals surface area (Å²) in [6.45, 7) is 2.39. The van der Waals surface area contributed by atoms with Gasteiger partial charge in [0, 0.05) is 17.0 Å². The number of hydrogen-bond donors (Lipinski definition) is 0. The van der Waals surface area contributed by atoms with Gasteiger partial charge >= 0.3 is 0 Å². The summed E-state index contributed by atoms with van der Waals surface area (Å²) >= 11 is 0. The molecule has 0 atom stereocenters. The Morgan fingerprint density at radius 3 is 1.38 bits per heavy atom. The molecule has 0 aromatic heterocycles. The highest BCUT2D eigenvalue weighted by molar-refractivity contribution is 7.66. The van der Waals surface area contributed by atoms with Crippen molar-refractivity contribution in [3.63, 3.8) is 0 Å². The van der Waals surface area contributed by atoms with Crippen molar-refractivity contribution in [2.45, 2.75) is 114 Å². The van der Waals surface area contributed by atoms with Gasteiger partial charge in [0.2, 0.25) is 0 Å². The van der Waals surface area contributed by atoms with Gasteiger partial charge in [-0.25, -0.2) is 0 Å². The van der Waals surface area contributed by atoms with Crippen LogP contribution in [0.25, 0.3) is 0 Å². The predicted octanol–water partition coefficient (Wildman–Crippen LogP) is 6.59. The van der Waals surface area contributed by atoms with Gasteiger partial charge in [-0.1, -0.05) is 58.3 Å². The molecule has 3 saturated carbocycles. The fraction of sp³-hybridized carbons (Fsp3) is 1.00. The Bertz CT molecular complexity index is 336. The Labute approximate surface area is 132 Å². The van der Waals surface area contributed by atoms with Gasteiger partial charge in [0.05, 0.1) is 7.14 Å². The fourth-order valence-corrected chi connectivity index (χ4v) is 10.7. The molecule has 3 aliphatic rings. The van der Waals surface area contributed by atoms with E-state index in [0.29, 0.717) is 17.0 Å². The Balaban J connectivity index is 1.80. The molecular weight excluding hydrogens is 275 g/mol. The van der Waals surface area contributed by atoms with Gasteiger partial charge in [-0.2, -0.15) is 0 Å². The van der Waals surface area contributed by atoms with Crippen LogP contribution in [0, 0.1) is 5.92 Å². The topological polar surface area (TPSA) is 17.1 Å². The van der Waals surface area contributed by atoms with Crippen molar-refractivity contribution in [2.75, 3.05) is 0 Å². The van der Waals surface area contributed by atoms with E-state index in [-0.39, 0.29) is 0 Å². The summed E-state index contributed by atoms with van der Waals surface area (Å²) in [5.74, 6) is 0.882. The molecule has 0 N–H and O–H groups in total. The minimum atomic E-state index is -1.97. The molecule has 0 saturated heterocycles. The zero-order valence-electron chi connectivity index (χ0n) is 14.1. The molecule has 0 aromatic rings. The maximum Gasteiger partial charge on any atom is 0.0964 e. The van der Waals surface area contributed by atoms with E-state index in [1.165, 1.54) is 89.9 Å². The molecule has 122 valence electrons. The third kappa shape index (κ3) is 3.44. The van der Waals surface area contributed by atoms with E-state index in [1.54, 1.807) is 0 Å². The van der Waals surface area contributed by atoms with E-state index in [9.17, 15) is 4.57 Å². The molecule has 0 unspecified atom stereocenters. The molecule has 0 bridgehead atoms. The molecule has 0 radical (unpaired) electrons. The van der Waals surface area contributed by atoms with Crippen molar-refractivity contribution in [3.8, 4) is 0 Å². The first-order valence-corrected chi connectivity index (χ1v) is 11.7. The van der Waals surface area contributed by atoms with Crippen LogP contribution < -0.4 is 0 Å². The summed E-state index contributed by atoms with van der Waals surface area (Å²) in [4.78, 5) is 0. The van der Waals surface area contributed by atoms with Crippen LogP contribution in [-0.2, 0) is 4.57 Å². The van der Waals surface area contributed by atoms with Crippen LogP contribution in [0.2, 0.25) is 0 Å². The lowest BCUT2D eigenvalue weighted by Crippen LogP contribution is -2.32. The third-order valence-electron chi connectivity index (χ3n) is 6.85. The standard InChI is InChI=1S/C19H35OP/c1-16-12-14-19(15-13-16)21(20,17-8-4-2-5-9-17)18-10-6-3-7-11-18/h16-19H,2-15H2,1H3. The van der Waals surface area contributed by atoms with E-state index in [1.807, 2.05) is 0 Å². The van der Waals surface area contributed by atoms with Gasteiger partial charge < -0.3 is 4.57 Å². The lowest BCUT2D eigenvalue weighted by atomic mass is 9.90. The molecule has 3 aliphatic carbocycles. The fourth-order valence-electron chi connectivity index (χ4n) is 5.51. The van der Waals surface area contributed by atoms with Crippen molar-refractivity contribution < 1.29 is 4.57 Å². The second kappa shape index (κ2) is 7.20. The summed E-state index contributed by atoms with van der Waals surface area (Å²) in [7, 11) is -1.97. The van der Waals surface area contributed by atoms with Gasteiger partial charge in [0.1, 0.15) is 0 Å². The summed E-state index contributed by atoms with van der Waals surface area (Å²) in [6.07, 6.45) is 18.6. The quantitative estimate of drug-likeness (QED) is 0.537. The summed E-state index contributed by atoms with van der Waals surface area (Å²) in [5, 5.41) is 0. The molecule has 1 nitrogen and oxygen atoms in total. The largest absolute Gasteiger partial charge is 0.323 e. The first-order valence-electron chi connectivity index (χ1n) is 9.80. The van der Waals surface area contributed by atoms with E-state index >= 15 is 0 Å². The highest BCUT2D eigenvalue weighted by Gasteiger charge is 2.46. The first-order chi connectivity index (χ1) is 10.2. The maximum atomic E-state index is 14.4. The van der Waals surface area contributed by atoms with Gasteiger partial charge in [0.15, 0.2) is 0 Å². The van der Waals surface area contributed by atoms with Crippen molar-refractivity contribution in [2.24, 2.45) is 5.92 Å². The van der Waals surface area contributed by atoms with Gasteiger partial charge in [0.25, 0.3) is 0 Å². The lowest BCUT2D eigenvalue weighted by Gasteiger charge is -2.44. The molecule has 0 amide bonds. The summed E-state index contributed by atoms with van der Waals surface area (Å²) in [5.41, 5.74) is 1.85. The zero-order chi connectivity index (χ0) is 14.7. The molecule has 2 heteroatoms. The summed E-state index contributed by atoms with van der Waals surface area (Å²) < 4.78 is 14.4. The Kier molecular flexibility index (Phi) is 5.52. The zero-order valence-corrected chi connectivity index (χ0v) is 15.0. The highest BCUT2D eigenvalue weighted by atomic mass is 31.2. The van der Waals surface area contributed by atoms with Crippen molar-refractivity contribution in [3.05, 3.63) is 0 Å². The second-order valence-corrected chi connectivity index (χ2v) is 12.0. The molecule has 3 rings (SSSR count). The van der Waals surface area contributed by atoms with Crippen molar-refractivity contribution >= 4 is 7.14 Å². The van der Waals surface area contributed by atoms with Crippen LogP contribution in [0.3, 0.4) is 0 Å². The molecule has 3 fully saturated rings. The van der Waals surface area contributed by atoms with Crippen LogP contribution in [0.5, 0.6) is 0 Å². The number of rotatable bonds is 3. The smallest absolute Gasteiger partial charge is 0.0964 e.